The molecular weight excluding hydrogens is 339 g/mol. The smallest absolute Gasteiger partial charge is 0.192 e. The topological polar surface area (TPSA) is 49.3 Å². The van der Waals surface area contributed by atoms with Crippen LogP contribution in [0, 0.1) is 12.3 Å². The summed E-state index contributed by atoms with van der Waals surface area (Å²) >= 11 is 0. The predicted molar refractivity (Wildman–Crippen MR) is 86.2 cm³/mol. The maximum absolute atomic E-state index is 5.19. The van der Waals surface area contributed by atoms with Crippen molar-refractivity contribution in [2.45, 2.75) is 13.3 Å². The Kier molecular flexibility index (Phi) is 10.1. The second kappa shape index (κ2) is 10.8. The molecule has 0 saturated carbocycles. The fraction of sp³-hybridized carbons (Fsp3) is 0.385. The van der Waals surface area contributed by atoms with E-state index in [1.807, 2.05) is 25.1 Å². The normalized spacial score (nSPS) is 10.1. The number of aliphatic imine (C=N–C) groups is 1. The zero-order chi connectivity index (χ0) is 12.3. The van der Waals surface area contributed by atoms with Crippen LogP contribution in [0.2, 0.25) is 0 Å². The molecule has 0 atom stereocenters. The second-order valence-electron chi connectivity index (χ2n) is 3.39. The first kappa shape index (κ1) is 16.7. The fourth-order valence-electron chi connectivity index (χ4n) is 1.30. The van der Waals surface area contributed by atoms with Crippen LogP contribution >= 0.6 is 24.0 Å². The lowest BCUT2D eigenvalue weighted by Gasteiger charge is -2.08. The molecular formula is C13H19IN4. The SMILES string of the molecule is C#CCNC(=NCCc1ccccn1)NCC.I. The standard InChI is InChI=1S/C13H18N4.HI/c1-3-9-16-13(14-4-2)17-11-8-12-7-5-6-10-15-12;/h1,5-7,10H,4,8-9,11H2,2H3,(H2,14,16,17);1H. The molecule has 0 unspecified atom stereocenters. The Bertz CT molecular complexity index is 384. The van der Waals surface area contributed by atoms with Crippen molar-refractivity contribution in [2.75, 3.05) is 19.6 Å². The van der Waals surface area contributed by atoms with E-state index in [0.717, 1.165) is 24.6 Å². The largest absolute Gasteiger partial charge is 0.357 e. The highest BCUT2D eigenvalue weighted by Crippen LogP contribution is 1.94. The summed E-state index contributed by atoms with van der Waals surface area (Å²) in [6.45, 7) is 4.01. The Labute approximate surface area is 126 Å². The van der Waals surface area contributed by atoms with Crippen molar-refractivity contribution in [3.05, 3.63) is 30.1 Å². The average molecular weight is 358 g/mol. The summed E-state index contributed by atoms with van der Waals surface area (Å²) in [7, 11) is 0. The molecule has 1 rings (SSSR count). The van der Waals surface area contributed by atoms with Gasteiger partial charge in [-0.2, -0.15) is 0 Å². The van der Waals surface area contributed by atoms with Gasteiger partial charge in [-0.15, -0.1) is 30.4 Å². The van der Waals surface area contributed by atoms with Gasteiger partial charge in [0.1, 0.15) is 0 Å². The molecule has 0 aliphatic carbocycles. The van der Waals surface area contributed by atoms with Gasteiger partial charge in [0.15, 0.2) is 5.96 Å². The van der Waals surface area contributed by atoms with Crippen LogP contribution in [-0.4, -0.2) is 30.6 Å². The molecule has 1 heterocycles. The molecule has 0 bridgehead atoms. The number of hydrogen-bond acceptors (Lipinski definition) is 2. The minimum Gasteiger partial charge on any atom is -0.357 e. The highest BCUT2D eigenvalue weighted by molar-refractivity contribution is 14.0. The van der Waals surface area contributed by atoms with Gasteiger partial charge in [0, 0.05) is 31.4 Å². The van der Waals surface area contributed by atoms with Gasteiger partial charge >= 0.3 is 0 Å². The van der Waals surface area contributed by atoms with Gasteiger partial charge in [-0.1, -0.05) is 12.0 Å². The van der Waals surface area contributed by atoms with Gasteiger partial charge in [-0.3, -0.25) is 9.98 Å². The number of hydrogen-bond donors (Lipinski definition) is 2. The molecule has 0 aromatic carbocycles. The number of pyridine rings is 1. The lowest BCUT2D eigenvalue weighted by atomic mass is 10.3. The van der Waals surface area contributed by atoms with Gasteiger partial charge < -0.3 is 10.6 Å². The number of nitrogens with zero attached hydrogens (tertiary/aromatic N) is 2. The second-order valence-corrected chi connectivity index (χ2v) is 3.39. The van der Waals surface area contributed by atoms with Crippen LogP contribution in [0.1, 0.15) is 12.6 Å². The van der Waals surface area contributed by atoms with E-state index < -0.39 is 0 Å². The highest BCUT2D eigenvalue weighted by atomic mass is 127. The molecule has 5 heteroatoms. The molecule has 0 aliphatic rings. The molecule has 0 aliphatic heterocycles. The van der Waals surface area contributed by atoms with Gasteiger partial charge in [0.05, 0.1) is 6.54 Å². The van der Waals surface area contributed by atoms with Gasteiger partial charge in [-0.25, -0.2) is 0 Å². The Morgan fingerprint density at radius 3 is 2.89 bits per heavy atom. The Hall–Kier alpha value is -1.29. The molecule has 0 amide bonds. The average Bonchev–Trinajstić information content (AvgIpc) is 2.37. The van der Waals surface area contributed by atoms with E-state index in [1.54, 1.807) is 6.20 Å². The van der Waals surface area contributed by atoms with Crippen LogP contribution < -0.4 is 10.6 Å². The van der Waals surface area contributed by atoms with Crippen molar-refractivity contribution in [1.29, 1.82) is 0 Å². The number of halogens is 1. The number of aromatic nitrogens is 1. The number of guanidine groups is 1. The molecule has 2 N–H and O–H groups in total. The van der Waals surface area contributed by atoms with Crippen LogP contribution in [0.5, 0.6) is 0 Å². The first-order valence-corrected chi connectivity index (χ1v) is 5.72. The molecule has 0 saturated heterocycles. The van der Waals surface area contributed by atoms with E-state index in [0.29, 0.717) is 13.1 Å². The van der Waals surface area contributed by atoms with E-state index in [2.05, 4.69) is 26.5 Å². The van der Waals surface area contributed by atoms with Crippen LogP contribution in [0.4, 0.5) is 0 Å². The molecule has 0 spiro atoms. The highest BCUT2D eigenvalue weighted by Gasteiger charge is 1.95. The third-order valence-corrected chi connectivity index (χ3v) is 2.07. The first-order valence-electron chi connectivity index (χ1n) is 5.72. The quantitative estimate of drug-likeness (QED) is 0.362. The number of nitrogens with one attached hydrogen (secondary N) is 2. The monoisotopic (exact) mass is 358 g/mol. The minimum atomic E-state index is 0. The zero-order valence-corrected chi connectivity index (χ0v) is 12.8. The molecule has 0 radical (unpaired) electrons. The summed E-state index contributed by atoms with van der Waals surface area (Å²) < 4.78 is 0. The first-order chi connectivity index (χ1) is 8.36. The molecule has 98 valence electrons. The van der Waals surface area contributed by atoms with Gasteiger partial charge in [-0.05, 0) is 19.1 Å². The summed E-state index contributed by atoms with van der Waals surface area (Å²) in [5, 5.41) is 6.17. The van der Waals surface area contributed by atoms with E-state index in [9.17, 15) is 0 Å². The maximum atomic E-state index is 5.19. The van der Waals surface area contributed by atoms with Crippen molar-refractivity contribution in [3.63, 3.8) is 0 Å². The minimum absolute atomic E-state index is 0. The zero-order valence-electron chi connectivity index (χ0n) is 10.5. The van der Waals surface area contributed by atoms with E-state index in [4.69, 9.17) is 6.42 Å². The van der Waals surface area contributed by atoms with Crippen LogP contribution in [0.3, 0.4) is 0 Å². The van der Waals surface area contributed by atoms with Crippen molar-refractivity contribution in [2.24, 2.45) is 4.99 Å². The Morgan fingerprint density at radius 1 is 1.44 bits per heavy atom. The van der Waals surface area contributed by atoms with Crippen LogP contribution in [0.15, 0.2) is 29.4 Å². The molecule has 1 aromatic rings. The van der Waals surface area contributed by atoms with E-state index in [1.165, 1.54) is 0 Å². The van der Waals surface area contributed by atoms with Crippen molar-refractivity contribution in [1.82, 2.24) is 15.6 Å². The number of terminal acetylenes is 1. The van der Waals surface area contributed by atoms with E-state index in [-0.39, 0.29) is 24.0 Å². The van der Waals surface area contributed by atoms with Crippen molar-refractivity contribution in [3.8, 4) is 12.3 Å². The van der Waals surface area contributed by atoms with Gasteiger partial charge in [0.2, 0.25) is 0 Å². The summed E-state index contributed by atoms with van der Waals surface area (Å²) in [6, 6.07) is 5.89. The Morgan fingerprint density at radius 2 is 2.28 bits per heavy atom. The summed E-state index contributed by atoms with van der Waals surface area (Å²) in [6.07, 6.45) is 7.81. The third kappa shape index (κ3) is 7.12. The van der Waals surface area contributed by atoms with E-state index >= 15 is 0 Å². The summed E-state index contributed by atoms with van der Waals surface area (Å²) in [5.41, 5.74) is 1.05. The molecule has 1 aromatic heterocycles. The van der Waals surface area contributed by atoms with Crippen molar-refractivity contribution < 1.29 is 0 Å². The molecule has 4 nitrogen and oxygen atoms in total. The fourth-order valence-corrected chi connectivity index (χ4v) is 1.30. The van der Waals surface area contributed by atoms with Crippen LogP contribution in [0.25, 0.3) is 0 Å². The number of rotatable bonds is 5. The van der Waals surface area contributed by atoms with Crippen LogP contribution in [-0.2, 0) is 6.42 Å². The maximum Gasteiger partial charge on any atom is 0.192 e. The third-order valence-electron chi connectivity index (χ3n) is 2.07. The Balaban J connectivity index is 0.00000289. The molecule has 18 heavy (non-hydrogen) atoms. The lowest BCUT2D eigenvalue weighted by Crippen LogP contribution is -2.37. The summed E-state index contributed by atoms with van der Waals surface area (Å²) in [5.74, 6) is 3.27. The van der Waals surface area contributed by atoms with Crippen molar-refractivity contribution >= 4 is 29.9 Å². The lowest BCUT2D eigenvalue weighted by molar-refractivity contribution is 0.847. The summed E-state index contributed by atoms with van der Waals surface area (Å²) in [4.78, 5) is 8.65. The molecule has 0 fully saturated rings. The predicted octanol–water partition coefficient (Wildman–Crippen LogP) is 1.43. The van der Waals surface area contributed by atoms with Gasteiger partial charge in [0.25, 0.3) is 0 Å².